The number of hydrogen-bond acceptors (Lipinski definition) is 5. The van der Waals surface area contributed by atoms with Crippen LogP contribution in [0.2, 0.25) is 0 Å². The molecule has 0 aliphatic carbocycles. The number of hydrogen-bond donors (Lipinski definition) is 2. The highest BCUT2D eigenvalue weighted by Crippen LogP contribution is 2.24. The first-order valence-electron chi connectivity index (χ1n) is 9.75. The highest BCUT2D eigenvalue weighted by atomic mass is 16.5. The molecule has 0 aromatic heterocycles. The summed E-state index contributed by atoms with van der Waals surface area (Å²) in [5.74, 6) is 1.26. The molecule has 2 aromatic rings. The number of piperazine rings is 1. The first kappa shape index (κ1) is 19.7. The minimum atomic E-state index is 0.189. The van der Waals surface area contributed by atoms with E-state index in [-0.39, 0.29) is 6.61 Å². The van der Waals surface area contributed by atoms with Gasteiger partial charge in [-0.25, -0.2) is 0 Å². The van der Waals surface area contributed by atoms with Gasteiger partial charge in [0.15, 0.2) is 0 Å². The fourth-order valence-electron chi connectivity index (χ4n) is 3.79. The molecule has 1 aliphatic heterocycles. The standard InChI is InChI=1S/C22H30N2O3/c1-2-27-22-9-4-3-7-19(22)16-24-12-11-23(17-20(24)10-13-25)15-18-6-5-8-21(26)14-18/h3-9,14,20,25-26H,2,10-13,15-17H2,1H3/t20-/m1/s1. The Balaban J connectivity index is 1.66. The van der Waals surface area contributed by atoms with Crippen LogP contribution >= 0.6 is 0 Å². The van der Waals surface area contributed by atoms with Crippen LogP contribution in [0.3, 0.4) is 0 Å². The Bertz CT molecular complexity index is 722. The topological polar surface area (TPSA) is 56.2 Å². The summed E-state index contributed by atoms with van der Waals surface area (Å²) >= 11 is 0. The van der Waals surface area contributed by atoms with Gasteiger partial charge in [0.05, 0.1) is 6.61 Å². The smallest absolute Gasteiger partial charge is 0.123 e. The van der Waals surface area contributed by atoms with E-state index in [2.05, 4.69) is 21.9 Å². The van der Waals surface area contributed by atoms with E-state index in [4.69, 9.17) is 4.74 Å². The second-order valence-corrected chi connectivity index (χ2v) is 7.08. The van der Waals surface area contributed by atoms with Crippen molar-refractivity contribution in [2.24, 2.45) is 0 Å². The Morgan fingerprint density at radius 2 is 1.93 bits per heavy atom. The fraction of sp³-hybridized carbons (Fsp3) is 0.455. The number of aliphatic hydroxyl groups is 1. The van der Waals surface area contributed by atoms with E-state index in [1.54, 1.807) is 6.07 Å². The molecule has 5 nitrogen and oxygen atoms in total. The van der Waals surface area contributed by atoms with Crippen LogP contribution < -0.4 is 4.74 Å². The van der Waals surface area contributed by atoms with Crippen molar-refractivity contribution in [2.45, 2.75) is 32.5 Å². The monoisotopic (exact) mass is 370 g/mol. The Labute approximate surface area is 161 Å². The minimum absolute atomic E-state index is 0.189. The van der Waals surface area contributed by atoms with Gasteiger partial charge in [0.1, 0.15) is 11.5 Å². The van der Waals surface area contributed by atoms with Crippen LogP contribution in [0.4, 0.5) is 0 Å². The third kappa shape index (κ3) is 5.45. The van der Waals surface area contributed by atoms with Crippen molar-refractivity contribution in [1.29, 1.82) is 0 Å². The van der Waals surface area contributed by atoms with Crippen LogP contribution in [0.25, 0.3) is 0 Å². The molecular formula is C22H30N2O3. The van der Waals surface area contributed by atoms with Crippen LogP contribution in [-0.2, 0) is 13.1 Å². The lowest BCUT2D eigenvalue weighted by Gasteiger charge is -2.41. The molecule has 146 valence electrons. The van der Waals surface area contributed by atoms with Crippen LogP contribution in [-0.4, -0.2) is 58.9 Å². The number of aliphatic hydroxyl groups excluding tert-OH is 1. The maximum atomic E-state index is 9.68. The predicted octanol–water partition coefficient (Wildman–Crippen LogP) is 2.86. The van der Waals surface area contributed by atoms with E-state index >= 15 is 0 Å². The van der Waals surface area contributed by atoms with Crippen molar-refractivity contribution in [1.82, 2.24) is 9.80 Å². The number of phenolic OH excluding ortho intramolecular Hbond substituents is 1. The zero-order valence-corrected chi connectivity index (χ0v) is 16.1. The van der Waals surface area contributed by atoms with Crippen LogP contribution in [0.1, 0.15) is 24.5 Å². The molecule has 1 atom stereocenters. The highest BCUT2D eigenvalue weighted by Gasteiger charge is 2.27. The van der Waals surface area contributed by atoms with Gasteiger partial charge in [0.2, 0.25) is 0 Å². The lowest BCUT2D eigenvalue weighted by atomic mass is 10.1. The number of rotatable bonds is 8. The zero-order valence-electron chi connectivity index (χ0n) is 16.1. The summed E-state index contributed by atoms with van der Waals surface area (Å²) in [5, 5.41) is 19.2. The predicted molar refractivity (Wildman–Crippen MR) is 107 cm³/mol. The highest BCUT2D eigenvalue weighted by molar-refractivity contribution is 5.33. The van der Waals surface area contributed by atoms with E-state index in [9.17, 15) is 10.2 Å². The van der Waals surface area contributed by atoms with Crippen molar-refractivity contribution in [3.8, 4) is 11.5 Å². The Morgan fingerprint density at radius 1 is 1.07 bits per heavy atom. The largest absolute Gasteiger partial charge is 0.508 e. The summed E-state index contributed by atoms with van der Waals surface area (Å²) < 4.78 is 5.77. The van der Waals surface area contributed by atoms with Gasteiger partial charge in [-0.15, -0.1) is 0 Å². The molecule has 2 aromatic carbocycles. The van der Waals surface area contributed by atoms with Gasteiger partial charge in [-0.2, -0.15) is 0 Å². The number of aromatic hydroxyl groups is 1. The van der Waals surface area contributed by atoms with Crippen LogP contribution in [0, 0.1) is 0 Å². The summed E-state index contributed by atoms with van der Waals surface area (Å²) in [6, 6.07) is 16.0. The van der Waals surface area contributed by atoms with Crippen LogP contribution in [0.5, 0.6) is 11.5 Å². The quantitative estimate of drug-likeness (QED) is 0.748. The second kappa shape index (κ2) is 9.74. The molecule has 3 rings (SSSR count). The van der Waals surface area contributed by atoms with Crippen molar-refractivity contribution >= 4 is 0 Å². The van der Waals surface area contributed by atoms with Gasteiger partial charge in [0, 0.05) is 50.9 Å². The third-order valence-corrected chi connectivity index (χ3v) is 5.11. The molecule has 5 heteroatoms. The summed E-state index contributed by atoms with van der Waals surface area (Å²) in [5.41, 5.74) is 2.32. The first-order valence-corrected chi connectivity index (χ1v) is 9.75. The molecule has 0 unspecified atom stereocenters. The molecule has 0 saturated carbocycles. The average molecular weight is 370 g/mol. The summed E-state index contributed by atoms with van der Waals surface area (Å²) in [4.78, 5) is 4.85. The van der Waals surface area contributed by atoms with Gasteiger partial charge >= 0.3 is 0 Å². The average Bonchev–Trinajstić information content (AvgIpc) is 2.66. The van der Waals surface area contributed by atoms with E-state index < -0.39 is 0 Å². The van der Waals surface area contributed by atoms with Gasteiger partial charge in [0.25, 0.3) is 0 Å². The molecule has 27 heavy (non-hydrogen) atoms. The number of nitrogens with zero attached hydrogens (tertiary/aromatic N) is 2. The van der Waals surface area contributed by atoms with Gasteiger partial charge in [-0.3, -0.25) is 9.80 Å². The summed E-state index contributed by atoms with van der Waals surface area (Å²) in [6.45, 7) is 7.33. The molecule has 1 fully saturated rings. The van der Waals surface area contributed by atoms with Crippen molar-refractivity contribution in [3.63, 3.8) is 0 Å². The van der Waals surface area contributed by atoms with E-state index in [1.165, 1.54) is 5.56 Å². The molecule has 2 N–H and O–H groups in total. The number of ether oxygens (including phenoxy) is 1. The molecule has 0 radical (unpaired) electrons. The van der Waals surface area contributed by atoms with E-state index in [0.29, 0.717) is 18.4 Å². The lowest BCUT2D eigenvalue weighted by Crippen LogP contribution is -2.52. The fourth-order valence-corrected chi connectivity index (χ4v) is 3.79. The number of para-hydroxylation sites is 1. The molecular weight excluding hydrogens is 340 g/mol. The van der Waals surface area contributed by atoms with E-state index in [1.807, 2.05) is 37.3 Å². The van der Waals surface area contributed by atoms with Crippen molar-refractivity contribution in [2.75, 3.05) is 32.8 Å². The Kier molecular flexibility index (Phi) is 7.10. The third-order valence-electron chi connectivity index (χ3n) is 5.11. The maximum absolute atomic E-state index is 9.68. The summed E-state index contributed by atoms with van der Waals surface area (Å²) in [7, 11) is 0. The van der Waals surface area contributed by atoms with E-state index in [0.717, 1.165) is 50.5 Å². The van der Waals surface area contributed by atoms with Gasteiger partial charge < -0.3 is 14.9 Å². The normalized spacial score (nSPS) is 18.5. The first-order chi connectivity index (χ1) is 13.2. The van der Waals surface area contributed by atoms with Crippen LogP contribution in [0.15, 0.2) is 48.5 Å². The molecule has 0 bridgehead atoms. The SMILES string of the molecule is CCOc1ccccc1CN1CCN(Cc2cccc(O)c2)C[C@H]1CCO. The minimum Gasteiger partial charge on any atom is -0.508 e. The molecule has 1 heterocycles. The second-order valence-electron chi connectivity index (χ2n) is 7.08. The molecule has 0 amide bonds. The number of benzene rings is 2. The Morgan fingerprint density at radius 3 is 2.70 bits per heavy atom. The maximum Gasteiger partial charge on any atom is 0.123 e. The molecule has 1 saturated heterocycles. The van der Waals surface area contributed by atoms with Gasteiger partial charge in [-0.1, -0.05) is 30.3 Å². The molecule has 0 spiro atoms. The summed E-state index contributed by atoms with van der Waals surface area (Å²) in [6.07, 6.45) is 0.757. The van der Waals surface area contributed by atoms with Crippen molar-refractivity contribution in [3.05, 3.63) is 59.7 Å². The molecule has 1 aliphatic rings. The lowest BCUT2D eigenvalue weighted by molar-refractivity contribution is 0.0494. The zero-order chi connectivity index (χ0) is 19.1. The Hall–Kier alpha value is -2.08. The van der Waals surface area contributed by atoms with Crippen molar-refractivity contribution < 1.29 is 14.9 Å². The van der Waals surface area contributed by atoms with Gasteiger partial charge in [-0.05, 0) is 37.1 Å². The number of phenols is 1.